The summed E-state index contributed by atoms with van der Waals surface area (Å²) in [5, 5.41) is 8.42. The van der Waals surface area contributed by atoms with Crippen LogP contribution in [0, 0.1) is 5.41 Å². The van der Waals surface area contributed by atoms with Gasteiger partial charge >= 0.3 is 0 Å². The molecule has 1 amide bonds. The number of aromatic nitrogens is 1. The minimum absolute atomic E-state index is 0. The van der Waals surface area contributed by atoms with E-state index >= 15 is 0 Å². The molecule has 0 fully saturated rings. The fourth-order valence-corrected chi connectivity index (χ4v) is 3.04. The minimum Gasteiger partial charge on any atom is -0.365 e. The number of halogens is 2. The van der Waals surface area contributed by atoms with Crippen molar-refractivity contribution in [2.75, 3.05) is 0 Å². The molecule has 0 bridgehead atoms. The molecule has 0 spiro atoms. The van der Waals surface area contributed by atoms with E-state index < -0.39 is 16.6 Å². The summed E-state index contributed by atoms with van der Waals surface area (Å²) in [6.45, 7) is 1.83. The van der Waals surface area contributed by atoms with Crippen molar-refractivity contribution in [1.82, 2.24) is 4.57 Å². The van der Waals surface area contributed by atoms with Crippen molar-refractivity contribution in [3.8, 4) is 0 Å². The number of carbonyl (C=O) groups is 1. The number of hydrogen-bond acceptors (Lipinski definition) is 4. The van der Waals surface area contributed by atoms with E-state index in [-0.39, 0.29) is 35.3 Å². The summed E-state index contributed by atoms with van der Waals surface area (Å²) < 4.78 is 23.3. The highest BCUT2D eigenvalue weighted by molar-refractivity contribution is 7.71. The minimum atomic E-state index is -2.51. The Morgan fingerprint density at radius 2 is 2.04 bits per heavy atom. The fraction of sp³-hybridized carbons (Fsp3) is 0.200. The number of nitrogens with two attached hydrogens (primary N) is 1. The topological polar surface area (TPSA) is 106 Å². The Bertz CT molecular complexity index is 886. The lowest BCUT2D eigenvalue weighted by molar-refractivity contribution is 0.0997. The molecule has 6 nitrogen and oxygen atoms in total. The highest BCUT2D eigenvalue weighted by Crippen LogP contribution is 2.20. The fourth-order valence-electron chi connectivity index (χ4n) is 2.33. The Morgan fingerprint density at radius 1 is 1.38 bits per heavy atom. The normalized spacial score (nSPS) is 11.8. The van der Waals surface area contributed by atoms with Gasteiger partial charge in [0.2, 0.25) is 0 Å². The van der Waals surface area contributed by atoms with Crippen molar-refractivity contribution in [3.63, 3.8) is 0 Å². The van der Waals surface area contributed by atoms with Crippen LogP contribution in [0.15, 0.2) is 36.5 Å². The molecule has 0 saturated heterocycles. The highest BCUT2D eigenvalue weighted by Gasteiger charge is 2.14. The number of thiol groups is 1. The van der Waals surface area contributed by atoms with Gasteiger partial charge in [0.1, 0.15) is 16.2 Å². The van der Waals surface area contributed by atoms with Crippen molar-refractivity contribution in [1.29, 1.82) is 5.41 Å². The number of nitrogens with zero attached hydrogens (tertiary/aromatic N) is 1. The average molecular weight is 390 g/mol. The van der Waals surface area contributed by atoms with Gasteiger partial charge in [-0.2, -0.15) is 0 Å². The van der Waals surface area contributed by atoms with Crippen LogP contribution in [0.2, 0.25) is 5.02 Å². The number of primary amides is 1. The van der Waals surface area contributed by atoms with Gasteiger partial charge in [0, 0.05) is 6.20 Å². The van der Waals surface area contributed by atoms with Gasteiger partial charge < -0.3 is 10.3 Å². The van der Waals surface area contributed by atoms with Crippen LogP contribution in [-0.2, 0) is 16.5 Å². The molecule has 9 heteroatoms. The van der Waals surface area contributed by atoms with Gasteiger partial charge in [-0.15, -0.1) is 12.4 Å². The van der Waals surface area contributed by atoms with Crippen LogP contribution in [0.4, 0.5) is 0 Å². The van der Waals surface area contributed by atoms with Crippen molar-refractivity contribution < 1.29 is 13.2 Å². The summed E-state index contributed by atoms with van der Waals surface area (Å²) >= 11 is 6.01. The van der Waals surface area contributed by atoms with Gasteiger partial charge in [0.05, 0.1) is 22.4 Å². The summed E-state index contributed by atoms with van der Waals surface area (Å²) in [5.74, 6) is -0.772. The van der Waals surface area contributed by atoms with Crippen LogP contribution in [0.1, 0.15) is 34.5 Å². The van der Waals surface area contributed by atoms with E-state index in [4.69, 9.17) is 22.7 Å². The monoisotopic (exact) mass is 389 g/mol. The van der Waals surface area contributed by atoms with E-state index in [1.54, 1.807) is 24.4 Å². The number of nitrogens with one attached hydrogen (secondary N) is 1. The van der Waals surface area contributed by atoms with Gasteiger partial charge in [0.15, 0.2) is 0 Å². The summed E-state index contributed by atoms with van der Waals surface area (Å²) in [4.78, 5) is 11.4. The summed E-state index contributed by atoms with van der Waals surface area (Å²) in [6.07, 6.45) is 1.54. The van der Waals surface area contributed by atoms with Gasteiger partial charge in [-0.1, -0.05) is 35.9 Å². The first-order valence-corrected chi connectivity index (χ1v) is 8.50. The largest absolute Gasteiger partial charge is 0.365 e. The summed E-state index contributed by atoms with van der Waals surface area (Å²) in [5.41, 5.74) is 6.72. The molecule has 0 saturated carbocycles. The molecule has 2 aromatic rings. The Labute approximate surface area is 152 Å². The molecule has 1 aromatic heterocycles. The molecule has 1 heterocycles. The first-order chi connectivity index (χ1) is 10.8. The highest BCUT2D eigenvalue weighted by atomic mass is 35.5. The predicted octanol–water partition coefficient (Wildman–Crippen LogP) is 1.86. The van der Waals surface area contributed by atoms with Crippen molar-refractivity contribution >= 4 is 40.6 Å². The van der Waals surface area contributed by atoms with E-state index in [2.05, 4.69) is 0 Å². The number of carbonyl (C=O) groups excluding carboxylic acids is 1. The van der Waals surface area contributed by atoms with Gasteiger partial charge in [-0.3, -0.25) is 10.2 Å². The van der Waals surface area contributed by atoms with Crippen LogP contribution in [0.25, 0.3) is 0 Å². The molecule has 130 valence electrons. The number of rotatable bonds is 5. The molecule has 1 unspecified atom stereocenters. The molecule has 24 heavy (non-hydrogen) atoms. The number of amides is 1. The first-order valence-electron chi connectivity index (χ1n) is 6.76. The smallest absolute Gasteiger partial charge is 0.252 e. The maximum absolute atomic E-state index is 11.4. The van der Waals surface area contributed by atoms with Crippen LogP contribution in [0.5, 0.6) is 0 Å². The Kier molecular flexibility index (Phi) is 7.01. The van der Waals surface area contributed by atoms with Gasteiger partial charge in [-0.25, -0.2) is 8.42 Å². The molecule has 2 rings (SSSR count). The molecular formula is C15H17Cl2N3O3S. The van der Waals surface area contributed by atoms with E-state index in [0.717, 1.165) is 5.56 Å². The summed E-state index contributed by atoms with van der Waals surface area (Å²) in [6, 6.07) is 8.10. The zero-order valence-electron chi connectivity index (χ0n) is 12.7. The zero-order chi connectivity index (χ0) is 17.1. The maximum Gasteiger partial charge on any atom is 0.252 e. The van der Waals surface area contributed by atoms with E-state index in [1.165, 1.54) is 10.6 Å². The molecule has 0 aliphatic heterocycles. The van der Waals surface area contributed by atoms with E-state index in [9.17, 15) is 13.2 Å². The van der Waals surface area contributed by atoms with Crippen molar-refractivity contribution in [2.24, 2.45) is 5.73 Å². The Hall–Kier alpha value is -1.83. The lowest BCUT2D eigenvalue weighted by Crippen LogP contribution is -2.31. The van der Waals surface area contributed by atoms with E-state index in [0.29, 0.717) is 10.6 Å². The third-order valence-corrected chi connectivity index (χ3v) is 4.32. The average Bonchev–Trinajstić information content (AvgIpc) is 2.48. The number of hydrogen-bond donors (Lipinski definition) is 3. The lowest BCUT2D eigenvalue weighted by atomic mass is 10.1. The quantitative estimate of drug-likeness (QED) is 0.679. The maximum atomic E-state index is 11.4. The number of pyridine rings is 1. The molecule has 0 aliphatic carbocycles. The third-order valence-electron chi connectivity index (χ3n) is 3.49. The standard InChI is InChI=1S/C15H16ClN3O3S.ClH/c1-9(11-4-2-3-10(5-11)8-23(21)22)19-7-12(16)6-13(14(19)17)15(18)20;/h2-7,9,17,23H,8H2,1H3,(H2,18,20);1H. The molecule has 3 N–H and O–H groups in total. The third kappa shape index (κ3) is 4.59. The summed E-state index contributed by atoms with van der Waals surface area (Å²) in [7, 11) is -2.51. The Balaban J connectivity index is 0.00000288. The zero-order valence-corrected chi connectivity index (χ0v) is 15.2. The molecule has 1 aromatic carbocycles. The van der Waals surface area contributed by atoms with Crippen LogP contribution >= 0.6 is 24.0 Å². The molecule has 0 aliphatic rings. The number of benzene rings is 1. The second kappa shape index (κ2) is 8.32. The van der Waals surface area contributed by atoms with Gasteiger partial charge in [-0.05, 0) is 24.1 Å². The van der Waals surface area contributed by atoms with Gasteiger partial charge in [0.25, 0.3) is 5.91 Å². The predicted molar refractivity (Wildman–Crippen MR) is 95.3 cm³/mol. The molecular weight excluding hydrogens is 373 g/mol. The Morgan fingerprint density at radius 3 is 2.62 bits per heavy atom. The van der Waals surface area contributed by atoms with Crippen molar-refractivity contribution in [3.05, 3.63) is 63.7 Å². The first kappa shape index (κ1) is 20.2. The second-order valence-corrected chi connectivity index (χ2v) is 6.52. The van der Waals surface area contributed by atoms with E-state index in [1.807, 2.05) is 13.0 Å². The van der Waals surface area contributed by atoms with Crippen LogP contribution in [0.3, 0.4) is 0 Å². The SMILES string of the molecule is CC(c1cccc(C[SH](=O)=O)c1)n1cc(Cl)cc(C(N)=O)c1=N.Cl. The molecule has 0 radical (unpaired) electrons. The van der Waals surface area contributed by atoms with Crippen LogP contribution < -0.4 is 11.2 Å². The lowest BCUT2D eigenvalue weighted by Gasteiger charge is -2.19. The van der Waals surface area contributed by atoms with Crippen molar-refractivity contribution in [2.45, 2.75) is 18.7 Å². The second-order valence-electron chi connectivity index (χ2n) is 5.10. The van der Waals surface area contributed by atoms with Crippen LogP contribution in [-0.4, -0.2) is 18.9 Å². The molecule has 1 atom stereocenters.